The van der Waals surface area contributed by atoms with Gasteiger partial charge < -0.3 is 12.4 Å². The SMILES string of the molecule is Fc1ccc([I+]c2ccc(Cl)cc2)cc1.[Cl-]. The van der Waals surface area contributed by atoms with E-state index < -0.39 is 0 Å². The third kappa shape index (κ3) is 3.92. The van der Waals surface area contributed by atoms with Gasteiger partial charge in [-0.1, -0.05) is 11.6 Å². The highest BCUT2D eigenvalue weighted by molar-refractivity contribution is 6.30. The summed E-state index contributed by atoms with van der Waals surface area (Å²) in [6.07, 6.45) is 0. The second-order valence-electron chi connectivity index (χ2n) is 2.97. The first-order chi connectivity index (χ1) is 7.24. The van der Waals surface area contributed by atoms with Crippen LogP contribution in [0, 0.1) is 13.0 Å². The van der Waals surface area contributed by atoms with E-state index in [-0.39, 0.29) is 39.4 Å². The Morgan fingerprint density at radius 3 is 1.75 bits per heavy atom. The fourth-order valence-electron chi connectivity index (χ4n) is 1.11. The first-order valence-electron chi connectivity index (χ1n) is 4.40. The Bertz CT molecular complexity index is 396. The molecule has 4 heteroatoms. The van der Waals surface area contributed by atoms with Crippen LogP contribution >= 0.6 is 11.6 Å². The minimum absolute atomic E-state index is 0. The van der Waals surface area contributed by atoms with Crippen LogP contribution < -0.4 is 33.6 Å². The number of hydrogen-bond donors (Lipinski definition) is 0. The third-order valence-corrected chi connectivity index (χ3v) is 4.76. The molecule has 0 bridgehead atoms. The van der Waals surface area contributed by atoms with E-state index in [9.17, 15) is 4.39 Å². The summed E-state index contributed by atoms with van der Waals surface area (Å²) in [5, 5.41) is 0.752. The van der Waals surface area contributed by atoms with Gasteiger partial charge in [0.15, 0.2) is 7.14 Å². The van der Waals surface area contributed by atoms with E-state index in [1.165, 1.54) is 19.3 Å². The van der Waals surface area contributed by atoms with E-state index in [1.54, 1.807) is 0 Å². The first-order valence-corrected chi connectivity index (χ1v) is 6.93. The lowest BCUT2D eigenvalue weighted by Crippen LogP contribution is -3.61. The zero-order valence-corrected chi connectivity index (χ0v) is 11.8. The Morgan fingerprint density at radius 1 is 0.812 bits per heavy atom. The van der Waals surface area contributed by atoms with Crippen LogP contribution in [0.3, 0.4) is 0 Å². The van der Waals surface area contributed by atoms with Crippen molar-refractivity contribution in [3.63, 3.8) is 0 Å². The lowest BCUT2D eigenvalue weighted by Gasteiger charge is -1.88. The molecule has 16 heavy (non-hydrogen) atoms. The van der Waals surface area contributed by atoms with Crippen LogP contribution in [0.2, 0.25) is 5.02 Å². The van der Waals surface area contributed by atoms with Gasteiger partial charge in [-0.2, -0.15) is 0 Å². The zero-order chi connectivity index (χ0) is 10.7. The molecule has 0 fully saturated rings. The number of hydrogen-bond acceptors (Lipinski definition) is 0. The van der Waals surface area contributed by atoms with Gasteiger partial charge in [0.2, 0.25) is 0 Å². The molecule has 0 N–H and O–H groups in total. The monoisotopic (exact) mass is 368 g/mol. The highest BCUT2D eigenvalue weighted by Gasteiger charge is 2.14. The van der Waals surface area contributed by atoms with Gasteiger partial charge in [-0.3, -0.25) is 0 Å². The van der Waals surface area contributed by atoms with Crippen LogP contribution in [0.1, 0.15) is 0 Å². The molecule has 0 aliphatic rings. The summed E-state index contributed by atoms with van der Waals surface area (Å²) in [6, 6.07) is 14.5. The first kappa shape index (κ1) is 13.7. The molecule has 0 saturated carbocycles. The molecule has 0 nitrogen and oxygen atoms in total. The maximum absolute atomic E-state index is 12.7. The van der Waals surface area contributed by atoms with Gasteiger partial charge in [0, 0.05) is 5.02 Å². The van der Waals surface area contributed by atoms with Crippen molar-refractivity contribution in [2.75, 3.05) is 0 Å². The number of rotatable bonds is 2. The smallest absolute Gasteiger partial charge is 0.357 e. The van der Waals surface area contributed by atoms with Gasteiger partial charge in [-0.05, 0) is 48.5 Å². The predicted octanol–water partition coefficient (Wildman–Crippen LogP) is -2.39. The molecule has 0 aliphatic carbocycles. The Hall–Kier alpha value is -0.320. The molecule has 0 spiro atoms. The molecule has 84 valence electrons. The summed E-state index contributed by atoms with van der Waals surface area (Å²) in [5.41, 5.74) is 0. The third-order valence-electron chi connectivity index (χ3n) is 1.83. The van der Waals surface area contributed by atoms with Crippen LogP contribution in [-0.2, 0) is 0 Å². The largest absolute Gasteiger partial charge is 1.00 e. The summed E-state index contributed by atoms with van der Waals surface area (Å²) in [5.74, 6) is -0.182. The van der Waals surface area contributed by atoms with Gasteiger partial charge in [0.05, 0.1) is 0 Å². The van der Waals surface area contributed by atoms with Crippen LogP contribution in [0.25, 0.3) is 0 Å². The molecule has 0 unspecified atom stereocenters. The van der Waals surface area contributed by atoms with Crippen molar-refractivity contribution in [1.29, 1.82) is 0 Å². The fourth-order valence-corrected chi connectivity index (χ4v) is 3.39. The normalized spacial score (nSPS) is 9.62. The molecule has 2 aromatic carbocycles. The topological polar surface area (TPSA) is 0 Å². The minimum Gasteiger partial charge on any atom is -1.00 e. The van der Waals surface area contributed by atoms with E-state index in [0.717, 1.165) is 5.02 Å². The second kappa shape index (κ2) is 6.42. The number of benzene rings is 2. The molecule has 0 atom stereocenters. The molecule has 0 aromatic heterocycles. The molecule has 0 heterocycles. The van der Waals surface area contributed by atoms with Gasteiger partial charge in [-0.15, -0.1) is 0 Å². The Kier molecular flexibility index (Phi) is 5.52. The minimum atomic E-state index is -0.222. The Morgan fingerprint density at radius 2 is 1.25 bits per heavy atom. The van der Waals surface area contributed by atoms with E-state index in [0.29, 0.717) is 0 Å². The maximum Gasteiger partial charge on any atom is 0.357 e. The lowest BCUT2D eigenvalue weighted by molar-refractivity contribution is -0.597. The summed E-state index contributed by atoms with van der Waals surface area (Å²) < 4.78 is 15.2. The molecule has 0 aliphatic heterocycles. The standard InChI is InChI=1S/C12H8ClFI.ClH/c13-9-1-5-11(6-2-9)15-12-7-3-10(14)4-8-12;/h1-8H;1H/q+1;/p-1. The molecule has 0 radical (unpaired) electrons. The summed E-state index contributed by atoms with van der Waals surface area (Å²) >= 11 is 5.58. The summed E-state index contributed by atoms with van der Waals surface area (Å²) in [7, 11) is 0. The van der Waals surface area contributed by atoms with E-state index in [4.69, 9.17) is 11.6 Å². The average molecular weight is 369 g/mol. The van der Waals surface area contributed by atoms with Crippen molar-refractivity contribution in [1.82, 2.24) is 0 Å². The van der Waals surface area contributed by atoms with Crippen molar-refractivity contribution in [2.45, 2.75) is 0 Å². The second-order valence-corrected chi connectivity index (χ2v) is 6.43. The van der Waals surface area contributed by atoms with E-state index >= 15 is 0 Å². The van der Waals surface area contributed by atoms with Crippen molar-refractivity contribution < 1.29 is 38.0 Å². The molecule has 0 amide bonds. The van der Waals surface area contributed by atoms with Crippen molar-refractivity contribution in [3.8, 4) is 0 Å². The predicted molar refractivity (Wildman–Crippen MR) is 55.2 cm³/mol. The molecule has 2 rings (SSSR count). The number of halogens is 4. The Labute approximate surface area is 115 Å². The van der Waals surface area contributed by atoms with Crippen LogP contribution in [-0.4, -0.2) is 0 Å². The maximum atomic E-state index is 12.7. The summed E-state index contributed by atoms with van der Waals surface area (Å²) in [6.45, 7) is 0. The van der Waals surface area contributed by atoms with Crippen molar-refractivity contribution >= 4 is 11.6 Å². The van der Waals surface area contributed by atoms with Gasteiger partial charge in [-0.25, -0.2) is 4.39 Å². The average Bonchev–Trinajstić information content (AvgIpc) is 2.25. The lowest BCUT2D eigenvalue weighted by atomic mass is 10.4. The van der Waals surface area contributed by atoms with Gasteiger partial charge >= 0.3 is 21.2 Å². The van der Waals surface area contributed by atoms with E-state index in [1.807, 2.05) is 36.4 Å². The molecule has 0 saturated heterocycles. The van der Waals surface area contributed by atoms with Crippen molar-refractivity contribution in [3.05, 3.63) is 66.5 Å². The van der Waals surface area contributed by atoms with Crippen molar-refractivity contribution in [2.24, 2.45) is 0 Å². The molecule has 2 aromatic rings. The van der Waals surface area contributed by atoms with Gasteiger partial charge in [0.25, 0.3) is 0 Å². The Balaban J connectivity index is 0.00000128. The van der Waals surface area contributed by atoms with Gasteiger partial charge in [0.1, 0.15) is 5.82 Å². The molecular formula is C12H8Cl2FI. The fraction of sp³-hybridized carbons (Fsp3) is 0. The van der Waals surface area contributed by atoms with Crippen LogP contribution in [0.4, 0.5) is 4.39 Å². The quantitative estimate of drug-likeness (QED) is 0.519. The van der Waals surface area contributed by atoms with E-state index in [2.05, 4.69) is 0 Å². The summed E-state index contributed by atoms with van der Waals surface area (Å²) in [4.78, 5) is 0. The van der Waals surface area contributed by atoms with Crippen LogP contribution in [0.15, 0.2) is 48.5 Å². The zero-order valence-electron chi connectivity index (χ0n) is 8.13. The highest BCUT2D eigenvalue weighted by atomic mass is 127. The molecular weight excluding hydrogens is 361 g/mol. The van der Waals surface area contributed by atoms with Crippen LogP contribution in [0.5, 0.6) is 0 Å². The highest BCUT2D eigenvalue weighted by Crippen LogP contribution is 2.04.